The van der Waals surface area contributed by atoms with Crippen molar-refractivity contribution in [3.63, 3.8) is 0 Å². The second-order valence-electron chi connectivity index (χ2n) is 4.88. The van der Waals surface area contributed by atoms with Gasteiger partial charge in [0.15, 0.2) is 0 Å². The summed E-state index contributed by atoms with van der Waals surface area (Å²) in [6.45, 7) is 6.93. The first-order chi connectivity index (χ1) is 9.50. The number of nitrogens with zero attached hydrogens (tertiary/aromatic N) is 1. The average Bonchev–Trinajstić information content (AvgIpc) is 2.42. The zero-order valence-corrected chi connectivity index (χ0v) is 13.9. The molecule has 0 spiro atoms. The van der Waals surface area contributed by atoms with Gasteiger partial charge in [-0.3, -0.25) is 4.90 Å². The van der Waals surface area contributed by atoms with Crippen molar-refractivity contribution in [2.75, 3.05) is 39.3 Å². The first-order valence-electron chi connectivity index (χ1n) is 6.68. The lowest BCUT2D eigenvalue weighted by molar-refractivity contribution is 0.245. The van der Waals surface area contributed by atoms with Crippen LogP contribution in [0.15, 0.2) is 27.6 Å². The lowest BCUT2D eigenvalue weighted by Gasteiger charge is -2.27. The molecule has 1 fully saturated rings. The van der Waals surface area contributed by atoms with Gasteiger partial charge in [0, 0.05) is 43.7 Å². The minimum absolute atomic E-state index is 0.304. The van der Waals surface area contributed by atoms with Crippen LogP contribution in [0.3, 0.4) is 0 Å². The van der Waals surface area contributed by atoms with E-state index in [1.54, 1.807) is 12.1 Å². The van der Waals surface area contributed by atoms with E-state index in [1.807, 2.05) is 13.0 Å². The number of nitrogens with one attached hydrogen (secondary N) is 2. The van der Waals surface area contributed by atoms with Gasteiger partial charge >= 0.3 is 0 Å². The molecule has 5 nitrogen and oxygen atoms in total. The Kier molecular flexibility index (Phi) is 5.57. The van der Waals surface area contributed by atoms with Gasteiger partial charge in [-0.25, -0.2) is 13.1 Å². The molecule has 1 aromatic carbocycles. The molecular formula is C13H20BrN3O2S. The van der Waals surface area contributed by atoms with Gasteiger partial charge in [0.25, 0.3) is 0 Å². The van der Waals surface area contributed by atoms with Gasteiger partial charge in [-0.2, -0.15) is 0 Å². The summed E-state index contributed by atoms with van der Waals surface area (Å²) in [6, 6.07) is 5.25. The Morgan fingerprint density at radius 1 is 1.35 bits per heavy atom. The van der Waals surface area contributed by atoms with Crippen LogP contribution < -0.4 is 10.0 Å². The summed E-state index contributed by atoms with van der Waals surface area (Å²) in [7, 11) is -3.45. The van der Waals surface area contributed by atoms with Crippen molar-refractivity contribution in [3.8, 4) is 0 Å². The fraction of sp³-hybridized carbons (Fsp3) is 0.538. The van der Waals surface area contributed by atoms with E-state index in [9.17, 15) is 8.42 Å². The van der Waals surface area contributed by atoms with Crippen LogP contribution in [0.4, 0.5) is 0 Å². The normalized spacial score (nSPS) is 17.3. The first-order valence-corrected chi connectivity index (χ1v) is 8.96. The van der Waals surface area contributed by atoms with Gasteiger partial charge in [-0.05, 0) is 34.5 Å². The molecule has 0 amide bonds. The monoisotopic (exact) mass is 361 g/mol. The molecule has 0 atom stereocenters. The standard InChI is InChI=1S/C13H20BrN3O2S/c1-11-3-2-4-12(13(11)14)20(18,19)16-7-10-17-8-5-15-6-9-17/h2-4,15-16H,5-10H2,1H3. The van der Waals surface area contributed by atoms with Crippen molar-refractivity contribution < 1.29 is 8.42 Å². The van der Waals surface area contributed by atoms with Crippen molar-refractivity contribution >= 4 is 26.0 Å². The number of halogens is 1. The molecule has 0 bridgehead atoms. The second-order valence-corrected chi connectivity index (χ2v) is 7.40. The minimum Gasteiger partial charge on any atom is -0.314 e. The maximum absolute atomic E-state index is 12.3. The van der Waals surface area contributed by atoms with Crippen LogP contribution in [0, 0.1) is 6.92 Å². The fourth-order valence-corrected chi connectivity index (χ4v) is 4.25. The van der Waals surface area contributed by atoms with Crippen LogP contribution in [0.2, 0.25) is 0 Å². The van der Waals surface area contributed by atoms with Crippen molar-refractivity contribution in [2.24, 2.45) is 0 Å². The molecule has 1 aromatic rings. The lowest BCUT2D eigenvalue weighted by atomic mass is 10.2. The lowest BCUT2D eigenvalue weighted by Crippen LogP contribution is -2.46. The highest BCUT2D eigenvalue weighted by Gasteiger charge is 2.18. The molecule has 0 aromatic heterocycles. The molecule has 1 saturated heterocycles. The van der Waals surface area contributed by atoms with E-state index in [-0.39, 0.29) is 0 Å². The summed E-state index contributed by atoms with van der Waals surface area (Å²) in [5.41, 5.74) is 0.912. The maximum atomic E-state index is 12.3. The smallest absolute Gasteiger partial charge is 0.241 e. The van der Waals surface area contributed by atoms with Crippen molar-refractivity contribution in [1.29, 1.82) is 0 Å². The second kappa shape index (κ2) is 7.00. The van der Waals surface area contributed by atoms with Crippen LogP contribution in [-0.2, 0) is 10.0 Å². The number of hydrogen-bond donors (Lipinski definition) is 2. The average molecular weight is 362 g/mol. The van der Waals surface area contributed by atoms with Gasteiger partial charge in [-0.1, -0.05) is 12.1 Å². The van der Waals surface area contributed by atoms with E-state index in [0.717, 1.165) is 38.3 Å². The Hall–Kier alpha value is -0.470. The van der Waals surface area contributed by atoms with Crippen LogP contribution in [-0.4, -0.2) is 52.6 Å². The van der Waals surface area contributed by atoms with E-state index < -0.39 is 10.0 Å². The van der Waals surface area contributed by atoms with Crippen LogP contribution in [0.5, 0.6) is 0 Å². The van der Waals surface area contributed by atoms with Crippen molar-refractivity contribution in [3.05, 3.63) is 28.2 Å². The number of hydrogen-bond acceptors (Lipinski definition) is 4. The molecule has 1 aliphatic rings. The highest BCUT2D eigenvalue weighted by molar-refractivity contribution is 9.10. The van der Waals surface area contributed by atoms with Crippen molar-refractivity contribution in [1.82, 2.24) is 14.9 Å². The summed E-state index contributed by atoms with van der Waals surface area (Å²) in [6.07, 6.45) is 0. The van der Waals surface area contributed by atoms with E-state index in [2.05, 4.69) is 30.9 Å². The number of benzene rings is 1. The molecule has 0 saturated carbocycles. The van der Waals surface area contributed by atoms with Crippen LogP contribution in [0.25, 0.3) is 0 Å². The van der Waals surface area contributed by atoms with E-state index in [4.69, 9.17) is 0 Å². The largest absolute Gasteiger partial charge is 0.314 e. The summed E-state index contributed by atoms with van der Waals surface area (Å²) in [5.74, 6) is 0. The molecule has 2 N–H and O–H groups in total. The number of sulfonamides is 1. The zero-order chi connectivity index (χ0) is 14.6. The molecule has 1 heterocycles. The first kappa shape index (κ1) is 15.9. The van der Waals surface area contributed by atoms with Gasteiger partial charge in [0.05, 0.1) is 4.90 Å². The summed E-state index contributed by atoms with van der Waals surface area (Å²) in [5, 5.41) is 3.27. The topological polar surface area (TPSA) is 61.4 Å². The highest BCUT2D eigenvalue weighted by Crippen LogP contribution is 2.24. The third kappa shape index (κ3) is 4.02. The van der Waals surface area contributed by atoms with Crippen LogP contribution in [0.1, 0.15) is 5.56 Å². The molecule has 1 aliphatic heterocycles. The third-order valence-electron chi connectivity index (χ3n) is 3.38. The van der Waals surface area contributed by atoms with Gasteiger partial charge < -0.3 is 5.32 Å². The van der Waals surface area contributed by atoms with E-state index >= 15 is 0 Å². The Bertz CT molecular complexity index is 557. The Morgan fingerprint density at radius 3 is 2.75 bits per heavy atom. The minimum atomic E-state index is -3.45. The van der Waals surface area contributed by atoms with Crippen molar-refractivity contribution in [2.45, 2.75) is 11.8 Å². The molecule has 20 heavy (non-hydrogen) atoms. The highest BCUT2D eigenvalue weighted by atomic mass is 79.9. The summed E-state index contributed by atoms with van der Waals surface area (Å²) < 4.78 is 27.9. The van der Waals surface area contributed by atoms with Gasteiger partial charge in [-0.15, -0.1) is 0 Å². The summed E-state index contributed by atoms with van der Waals surface area (Å²) in [4.78, 5) is 2.56. The predicted octanol–water partition coefficient (Wildman–Crippen LogP) is 0.941. The predicted molar refractivity (Wildman–Crippen MR) is 83.4 cm³/mol. The third-order valence-corrected chi connectivity index (χ3v) is 6.19. The SMILES string of the molecule is Cc1cccc(S(=O)(=O)NCCN2CCNCC2)c1Br. The maximum Gasteiger partial charge on any atom is 0.241 e. The molecule has 2 rings (SSSR count). The van der Waals surface area contributed by atoms with E-state index in [0.29, 0.717) is 15.9 Å². The molecule has 0 radical (unpaired) electrons. The summed E-state index contributed by atoms with van der Waals surface area (Å²) >= 11 is 3.35. The Morgan fingerprint density at radius 2 is 2.05 bits per heavy atom. The molecule has 0 unspecified atom stereocenters. The Balaban J connectivity index is 1.95. The number of aryl methyl sites for hydroxylation is 1. The number of piperazine rings is 1. The van der Waals surface area contributed by atoms with Crippen LogP contribution >= 0.6 is 15.9 Å². The van der Waals surface area contributed by atoms with Gasteiger partial charge in [0.2, 0.25) is 10.0 Å². The molecule has 112 valence electrons. The van der Waals surface area contributed by atoms with E-state index in [1.165, 1.54) is 0 Å². The quantitative estimate of drug-likeness (QED) is 0.819. The molecular weight excluding hydrogens is 342 g/mol. The Labute approximate surface area is 128 Å². The zero-order valence-electron chi connectivity index (χ0n) is 11.5. The number of rotatable bonds is 5. The van der Waals surface area contributed by atoms with Gasteiger partial charge in [0.1, 0.15) is 0 Å². The fourth-order valence-electron chi connectivity index (χ4n) is 2.18. The molecule has 7 heteroatoms. The molecule has 0 aliphatic carbocycles.